The first-order valence-corrected chi connectivity index (χ1v) is 6.18. The number of carbonyl (C=O) groups is 1. The van der Waals surface area contributed by atoms with Crippen LogP contribution in [0.2, 0.25) is 0 Å². The molecule has 7 heteroatoms. The molecule has 0 saturated heterocycles. The van der Waals surface area contributed by atoms with E-state index in [1.165, 1.54) is 29.1 Å². The van der Waals surface area contributed by atoms with Gasteiger partial charge in [-0.25, -0.2) is 14.2 Å². The maximum absolute atomic E-state index is 13.5. The summed E-state index contributed by atoms with van der Waals surface area (Å²) in [4.78, 5) is 27.0. The summed E-state index contributed by atoms with van der Waals surface area (Å²) in [6.45, 7) is 3.60. The molecule has 0 spiro atoms. The number of benzene rings is 1. The van der Waals surface area contributed by atoms with Crippen LogP contribution < -0.4 is 10.3 Å². The quantitative estimate of drug-likeness (QED) is 0.936. The molecule has 0 saturated carbocycles. The SMILES string of the molecule is CC(C)n1ccnc(Oc2cccc(F)c2C(=O)O)c1=O. The molecular weight excluding hydrogens is 279 g/mol. The third kappa shape index (κ3) is 2.91. The maximum atomic E-state index is 13.5. The van der Waals surface area contributed by atoms with E-state index in [1.807, 2.05) is 0 Å². The fourth-order valence-corrected chi connectivity index (χ4v) is 1.78. The molecule has 0 bridgehead atoms. The van der Waals surface area contributed by atoms with Gasteiger partial charge in [-0.2, -0.15) is 0 Å². The number of nitrogens with zero attached hydrogens (tertiary/aromatic N) is 2. The van der Waals surface area contributed by atoms with Crippen LogP contribution in [0.3, 0.4) is 0 Å². The summed E-state index contributed by atoms with van der Waals surface area (Å²) in [5.74, 6) is -3.00. The zero-order chi connectivity index (χ0) is 15.6. The highest BCUT2D eigenvalue weighted by molar-refractivity contribution is 5.91. The molecular formula is C14H13FN2O4. The first-order chi connectivity index (χ1) is 9.91. The van der Waals surface area contributed by atoms with Gasteiger partial charge in [0.25, 0.3) is 5.88 Å². The number of halogens is 1. The first kappa shape index (κ1) is 14.7. The lowest BCUT2D eigenvalue weighted by Crippen LogP contribution is -2.23. The molecule has 0 aliphatic rings. The third-order valence-electron chi connectivity index (χ3n) is 2.79. The molecule has 0 aliphatic heterocycles. The molecule has 110 valence electrons. The van der Waals surface area contributed by atoms with Gasteiger partial charge in [-0.05, 0) is 26.0 Å². The molecule has 2 aromatic rings. The van der Waals surface area contributed by atoms with Gasteiger partial charge in [0.15, 0.2) is 0 Å². The number of aromatic nitrogens is 2. The Morgan fingerprint density at radius 1 is 1.43 bits per heavy atom. The van der Waals surface area contributed by atoms with E-state index < -0.39 is 22.9 Å². The molecule has 21 heavy (non-hydrogen) atoms. The summed E-state index contributed by atoms with van der Waals surface area (Å²) in [6, 6.07) is 3.44. The molecule has 0 aliphatic carbocycles. The number of carboxylic acid groups (broad SMARTS) is 1. The van der Waals surface area contributed by atoms with E-state index in [-0.39, 0.29) is 17.7 Å². The Balaban J connectivity index is 2.49. The fourth-order valence-electron chi connectivity index (χ4n) is 1.78. The van der Waals surface area contributed by atoms with E-state index in [4.69, 9.17) is 9.84 Å². The van der Waals surface area contributed by atoms with E-state index in [1.54, 1.807) is 13.8 Å². The van der Waals surface area contributed by atoms with Gasteiger partial charge < -0.3 is 14.4 Å². The number of carboxylic acids is 1. The smallest absolute Gasteiger partial charge is 0.342 e. The van der Waals surface area contributed by atoms with Crippen LogP contribution >= 0.6 is 0 Å². The van der Waals surface area contributed by atoms with Gasteiger partial charge in [0.05, 0.1) is 0 Å². The number of aromatic carboxylic acids is 1. The molecule has 0 radical (unpaired) electrons. The van der Waals surface area contributed by atoms with Crippen molar-refractivity contribution in [2.45, 2.75) is 19.9 Å². The van der Waals surface area contributed by atoms with Gasteiger partial charge in [0.1, 0.15) is 17.1 Å². The zero-order valence-corrected chi connectivity index (χ0v) is 11.4. The highest BCUT2D eigenvalue weighted by Gasteiger charge is 2.19. The van der Waals surface area contributed by atoms with Crippen molar-refractivity contribution in [3.05, 3.63) is 52.3 Å². The predicted octanol–water partition coefficient (Wildman–Crippen LogP) is 2.45. The summed E-state index contributed by atoms with van der Waals surface area (Å²) in [5.41, 5.74) is -1.16. The maximum Gasteiger partial charge on any atom is 0.342 e. The molecule has 1 N–H and O–H groups in total. The second kappa shape index (κ2) is 5.74. The summed E-state index contributed by atoms with van der Waals surface area (Å²) < 4.78 is 20.1. The second-order valence-electron chi connectivity index (χ2n) is 4.56. The Hall–Kier alpha value is -2.70. The Kier molecular flexibility index (Phi) is 4.02. The van der Waals surface area contributed by atoms with Crippen LogP contribution in [0.5, 0.6) is 11.6 Å². The van der Waals surface area contributed by atoms with Crippen LogP contribution in [0.4, 0.5) is 4.39 Å². The molecule has 0 fully saturated rings. The Morgan fingerprint density at radius 3 is 2.76 bits per heavy atom. The van der Waals surface area contributed by atoms with Crippen LogP contribution in [0.1, 0.15) is 30.2 Å². The fraction of sp³-hybridized carbons (Fsp3) is 0.214. The van der Waals surface area contributed by atoms with Crippen molar-refractivity contribution >= 4 is 5.97 Å². The molecule has 1 heterocycles. The third-order valence-corrected chi connectivity index (χ3v) is 2.79. The van der Waals surface area contributed by atoms with Gasteiger partial charge >= 0.3 is 11.5 Å². The normalized spacial score (nSPS) is 10.7. The van der Waals surface area contributed by atoms with Crippen LogP contribution in [-0.2, 0) is 0 Å². The molecule has 0 amide bonds. The Morgan fingerprint density at radius 2 is 2.14 bits per heavy atom. The van der Waals surface area contributed by atoms with E-state index in [9.17, 15) is 14.0 Å². The van der Waals surface area contributed by atoms with Crippen molar-refractivity contribution in [3.8, 4) is 11.6 Å². The molecule has 6 nitrogen and oxygen atoms in total. The van der Waals surface area contributed by atoms with Crippen molar-refractivity contribution in [1.29, 1.82) is 0 Å². The van der Waals surface area contributed by atoms with Crippen LogP contribution in [0.25, 0.3) is 0 Å². The van der Waals surface area contributed by atoms with E-state index >= 15 is 0 Å². The minimum absolute atomic E-state index is 0.116. The minimum atomic E-state index is -1.48. The topological polar surface area (TPSA) is 81.4 Å². The van der Waals surface area contributed by atoms with E-state index in [0.717, 1.165) is 6.07 Å². The number of hydrogen-bond donors (Lipinski definition) is 1. The van der Waals surface area contributed by atoms with E-state index in [2.05, 4.69) is 4.98 Å². The molecule has 2 rings (SSSR count). The largest absolute Gasteiger partial charge is 0.477 e. The van der Waals surface area contributed by atoms with Crippen LogP contribution in [0, 0.1) is 5.82 Å². The van der Waals surface area contributed by atoms with Crippen LogP contribution in [0.15, 0.2) is 35.4 Å². The van der Waals surface area contributed by atoms with Gasteiger partial charge in [-0.15, -0.1) is 0 Å². The molecule has 0 atom stereocenters. The highest BCUT2D eigenvalue weighted by Crippen LogP contribution is 2.24. The Bertz CT molecular complexity index is 740. The summed E-state index contributed by atoms with van der Waals surface area (Å²) in [6.07, 6.45) is 2.85. The highest BCUT2D eigenvalue weighted by atomic mass is 19.1. The summed E-state index contributed by atoms with van der Waals surface area (Å²) >= 11 is 0. The lowest BCUT2D eigenvalue weighted by molar-refractivity contribution is 0.0689. The van der Waals surface area contributed by atoms with Gasteiger partial charge in [-0.3, -0.25) is 4.79 Å². The Labute approximate surface area is 119 Å². The van der Waals surface area contributed by atoms with E-state index in [0.29, 0.717) is 0 Å². The number of hydrogen-bond acceptors (Lipinski definition) is 4. The predicted molar refractivity (Wildman–Crippen MR) is 72.3 cm³/mol. The lowest BCUT2D eigenvalue weighted by Gasteiger charge is -2.12. The summed E-state index contributed by atoms with van der Waals surface area (Å²) in [5, 5.41) is 9.01. The molecule has 0 unspecified atom stereocenters. The van der Waals surface area contributed by atoms with Crippen molar-refractivity contribution in [2.24, 2.45) is 0 Å². The van der Waals surface area contributed by atoms with Gasteiger partial charge in [0.2, 0.25) is 0 Å². The van der Waals surface area contributed by atoms with Crippen molar-refractivity contribution in [3.63, 3.8) is 0 Å². The summed E-state index contributed by atoms with van der Waals surface area (Å²) in [7, 11) is 0. The second-order valence-corrected chi connectivity index (χ2v) is 4.56. The zero-order valence-electron chi connectivity index (χ0n) is 11.4. The average Bonchev–Trinajstić information content (AvgIpc) is 2.40. The van der Waals surface area contributed by atoms with Crippen molar-refractivity contribution in [1.82, 2.24) is 9.55 Å². The number of rotatable bonds is 4. The molecule has 1 aromatic carbocycles. The average molecular weight is 292 g/mol. The first-order valence-electron chi connectivity index (χ1n) is 6.18. The van der Waals surface area contributed by atoms with Crippen molar-refractivity contribution < 1.29 is 19.0 Å². The van der Waals surface area contributed by atoms with Crippen LogP contribution in [-0.4, -0.2) is 20.6 Å². The molecule has 1 aromatic heterocycles. The number of ether oxygens (including phenoxy) is 1. The van der Waals surface area contributed by atoms with Gasteiger partial charge in [0, 0.05) is 18.4 Å². The standard InChI is InChI=1S/C14H13FN2O4/c1-8(2)17-7-6-16-12(13(17)18)21-10-5-3-4-9(15)11(10)14(19)20/h3-8H,1-2H3,(H,19,20). The van der Waals surface area contributed by atoms with Crippen molar-refractivity contribution in [2.75, 3.05) is 0 Å². The van der Waals surface area contributed by atoms with Gasteiger partial charge in [-0.1, -0.05) is 6.07 Å². The monoisotopic (exact) mass is 292 g/mol. The minimum Gasteiger partial charge on any atom is -0.477 e. The lowest BCUT2D eigenvalue weighted by atomic mass is 10.2.